The first-order valence-electron chi connectivity index (χ1n) is 11.6. The summed E-state index contributed by atoms with van der Waals surface area (Å²) in [5, 5.41) is 2.94. The number of pyridine rings is 1. The summed E-state index contributed by atoms with van der Waals surface area (Å²) in [5.74, 6) is -0.317. The van der Waals surface area contributed by atoms with Crippen LogP contribution in [0.5, 0.6) is 0 Å². The standard InChI is InChI=1S/C27H24N2O3S.C2H6/c1-3-19-10-12-20(13-11-19)25-18-23(33(2,31)32)14-15-24(25)27(30)29-22-8-6-7-21(17-22)26-9-4-5-16-28-26;1-2/h4-18H,3H2,1-2H3,(H,29,30);1-2H3. The van der Waals surface area contributed by atoms with Crippen LogP contribution in [0.3, 0.4) is 0 Å². The van der Waals surface area contributed by atoms with E-state index in [0.29, 0.717) is 16.8 Å². The van der Waals surface area contributed by atoms with Gasteiger partial charge in [0.15, 0.2) is 9.84 Å². The second-order valence-corrected chi connectivity index (χ2v) is 9.80. The highest BCUT2D eigenvalue weighted by Crippen LogP contribution is 2.29. The molecule has 0 saturated carbocycles. The van der Waals surface area contributed by atoms with Gasteiger partial charge in [-0.05, 0) is 65.6 Å². The van der Waals surface area contributed by atoms with E-state index >= 15 is 0 Å². The van der Waals surface area contributed by atoms with E-state index in [9.17, 15) is 13.2 Å². The minimum atomic E-state index is -3.42. The highest BCUT2D eigenvalue weighted by molar-refractivity contribution is 7.90. The average Bonchev–Trinajstić information content (AvgIpc) is 2.89. The molecule has 0 aliphatic heterocycles. The van der Waals surface area contributed by atoms with E-state index in [4.69, 9.17) is 0 Å². The summed E-state index contributed by atoms with van der Waals surface area (Å²) in [5.41, 5.74) is 5.23. The molecule has 3 aromatic carbocycles. The van der Waals surface area contributed by atoms with Gasteiger partial charge in [0.1, 0.15) is 0 Å². The molecule has 0 fully saturated rings. The molecule has 0 radical (unpaired) electrons. The molecule has 1 N–H and O–H groups in total. The Bertz CT molecular complexity index is 1400. The number of carbonyl (C=O) groups is 1. The van der Waals surface area contributed by atoms with E-state index in [-0.39, 0.29) is 10.8 Å². The molecule has 4 rings (SSSR count). The summed E-state index contributed by atoms with van der Waals surface area (Å²) >= 11 is 0. The lowest BCUT2D eigenvalue weighted by Gasteiger charge is -2.13. The van der Waals surface area contributed by atoms with Gasteiger partial charge in [0.05, 0.1) is 10.6 Å². The van der Waals surface area contributed by atoms with Gasteiger partial charge < -0.3 is 5.32 Å². The number of aryl methyl sites for hydroxylation is 1. The van der Waals surface area contributed by atoms with Gasteiger partial charge >= 0.3 is 0 Å². The quantitative estimate of drug-likeness (QED) is 0.331. The van der Waals surface area contributed by atoms with Crippen LogP contribution in [0, 0.1) is 0 Å². The van der Waals surface area contributed by atoms with E-state index in [2.05, 4.69) is 17.2 Å². The molecule has 0 bridgehead atoms. The number of rotatable bonds is 6. The van der Waals surface area contributed by atoms with E-state index in [1.165, 1.54) is 6.07 Å². The molecule has 0 aliphatic carbocycles. The molecule has 180 valence electrons. The van der Waals surface area contributed by atoms with Crippen molar-refractivity contribution in [1.29, 1.82) is 0 Å². The van der Waals surface area contributed by atoms with Crippen molar-refractivity contribution < 1.29 is 13.2 Å². The lowest BCUT2D eigenvalue weighted by molar-refractivity contribution is 0.102. The number of nitrogens with one attached hydrogen (secondary N) is 1. The van der Waals surface area contributed by atoms with Gasteiger partial charge in [-0.15, -0.1) is 0 Å². The zero-order valence-corrected chi connectivity index (χ0v) is 21.3. The molecular weight excluding hydrogens is 456 g/mol. The smallest absolute Gasteiger partial charge is 0.256 e. The number of hydrogen-bond donors (Lipinski definition) is 1. The fourth-order valence-corrected chi connectivity index (χ4v) is 4.25. The Morgan fingerprint density at radius 1 is 0.857 bits per heavy atom. The molecule has 0 saturated heterocycles. The normalized spacial score (nSPS) is 10.7. The Morgan fingerprint density at radius 3 is 2.23 bits per heavy atom. The average molecular weight is 487 g/mol. The molecule has 0 spiro atoms. The van der Waals surface area contributed by atoms with Crippen molar-refractivity contribution in [1.82, 2.24) is 4.98 Å². The van der Waals surface area contributed by atoms with Crippen molar-refractivity contribution in [2.75, 3.05) is 11.6 Å². The Labute approximate surface area is 207 Å². The fraction of sp³-hybridized carbons (Fsp3) is 0.172. The number of hydrogen-bond acceptors (Lipinski definition) is 4. The first-order chi connectivity index (χ1) is 16.8. The number of amides is 1. The lowest BCUT2D eigenvalue weighted by atomic mass is 9.97. The monoisotopic (exact) mass is 486 g/mol. The van der Waals surface area contributed by atoms with Crippen LogP contribution in [0.15, 0.2) is 96.0 Å². The van der Waals surface area contributed by atoms with Crippen LogP contribution in [-0.4, -0.2) is 25.6 Å². The third-order valence-corrected chi connectivity index (χ3v) is 6.53. The van der Waals surface area contributed by atoms with Crippen molar-refractivity contribution in [3.05, 3.63) is 102 Å². The van der Waals surface area contributed by atoms with Gasteiger partial charge in [0.25, 0.3) is 5.91 Å². The molecule has 0 aliphatic rings. The van der Waals surface area contributed by atoms with Crippen LogP contribution in [0.25, 0.3) is 22.4 Å². The van der Waals surface area contributed by atoms with E-state index in [1.54, 1.807) is 18.3 Å². The zero-order valence-electron chi connectivity index (χ0n) is 20.4. The number of aromatic nitrogens is 1. The SMILES string of the molecule is CC.CCc1ccc(-c2cc(S(C)(=O)=O)ccc2C(=O)Nc2cccc(-c3ccccn3)c2)cc1. The van der Waals surface area contributed by atoms with Gasteiger partial charge in [-0.2, -0.15) is 0 Å². The molecule has 6 heteroatoms. The molecule has 4 aromatic rings. The third-order valence-electron chi connectivity index (χ3n) is 5.42. The fourth-order valence-electron chi connectivity index (χ4n) is 3.60. The first kappa shape index (κ1) is 25.8. The largest absolute Gasteiger partial charge is 0.322 e. The van der Waals surface area contributed by atoms with Crippen molar-refractivity contribution in [2.45, 2.75) is 32.1 Å². The maximum atomic E-state index is 13.3. The van der Waals surface area contributed by atoms with Crippen LogP contribution in [0.2, 0.25) is 0 Å². The van der Waals surface area contributed by atoms with Gasteiger partial charge in [-0.1, -0.05) is 63.2 Å². The minimum Gasteiger partial charge on any atom is -0.322 e. The Kier molecular flexibility index (Phi) is 8.55. The number of sulfone groups is 1. The highest BCUT2D eigenvalue weighted by atomic mass is 32.2. The Balaban J connectivity index is 0.00000167. The molecule has 0 unspecified atom stereocenters. The molecule has 0 atom stereocenters. The Hall–Kier alpha value is -3.77. The third kappa shape index (κ3) is 6.43. The summed E-state index contributed by atoms with van der Waals surface area (Å²) in [6.45, 7) is 6.07. The number of anilines is 1. The number of nitrogens with zero attached hydrogens (tertiary/aromatic N) is 1. The molecule has 35 heavy (non-hydrogen) atoms. The molecule has 1 amide bonds. The lowest BCUT2D eigenvalue weighted by Crippen LogP contribution is -2.14. The molecule has 1 aromatic heterocycles. The van der Waals surface area contributed by atoms with Gasteiger partial charge in [-0.25, -0.2) is 8.42 Å². The summed E-state index contributed by atoms with van der Waals surface area (Å²) in [6, 6.07) is 25.5. The summed E-state index contributed by atoms with van der Waals surface area (Å²) in [6.07, 6.45) is 3.78. The van der Waals surface area contributed by atoms with E-state index in [0.717, 1.165) is 35.1 Å². The van der Waals surface area contributed by atoms with Crippen LogP contribution >= 0.6 is 0 Å². The summed E-state index contributed by atoms with van der Waals surface area (Å²) < 4.78 is 24.3. The van der Waals surface area contributed by atoms with Crippen LogP contribution in [0.4, 0.5) is 5.69 Å². The van der Waals surface area contributed by atoms with E-state index in [1.807, 2.05) is 80.6 Å². The maximum absolute atomic E-state index is 13.3. The van der Waals surface area contributed by atoms with Crippen LogP contribution in [-0.2, 0) is 16.3 Å². The molecule has 5 nitrogen and oxygen atoms in total. The van der Waals surface area contributed by atoms with Gasteiger partial charge in [0, 0.05) is 29.3 Å². The predicted molar refractivity (Wildman–Crippen MR) is 143 cm³/mol. The minimum absolute atomic E-state index is 0.172. The van der Waals surface area contributed by atoms with Gasteiger partial charge in [0.2, 0.25) is 0 Å². The second kappa shape index (κ2) is 11.6. The molecular formula is C29H30N2O3S. The predicted octanol–water partition coefficient (Wildman–Crippen LogP) is 6.66. The van der Waals surface area contributed by atoms with Crippen LogP contribution in [0.1, 0.15) is 36.7 Å². The first-order valence-corrected chi connectivity index (χ1v) is 13.5. The van der Waals surface area contributed by atoms with Crippen molar-refractivity contribution >= 4 is 21.4 Å². The van der Waals surface area contributed by atoms with Crippen molar-refractivity contribution in [2.24, 2.45) is 0 Å². The van der Waals surface area contributed by atoms with Gasteiger partial charge in [-0.3, -0.25) is 9.78 Å². The summed E-state index contributed by atoms with van der Waals surface area (Å²) in [7, 11) is -3.42. The van der Waals surface area contributed by atoms with Crippen molar-refractivity contribution in [3.63, 3.8) is 0 Å². The number of carbonyl (C=O) groups excluding carboxylic acids is 1. The molecule has 1 heterocycles. The zero-order chi connectivity index (χ0) is 25.4. The highest BCUT2D eigenvalue weighted by Gasteiger charge is 2.17. The topological polar surface area (TPSA) is 76.1 Å². The second-order valence-electron chi connectivity index (χ2n) is 7.78. The maximum Gasteiger partial charge on any atom is 0.256 e. The van der Waals surface area contributed by atoms with Crippen LogP contribution < -0.4 is 5.32 Å². The number of benzene rings is 3. The Morgan fingerprint density at radius 2 is 1.60 bits per heavy atom. The van der Waals surface area contributed by atoms with Crippen molar-refractivity contribution in [3.8, 4) is 22.4 Å². The summed E-state index contributed by atoms with van der Waals surface area (Å²) in [4.78, 5) is 17.8. The van der Waals surface area contributed by atoms with E-state index < -0.39 is 9.84 Å².